The Morgan fingerprint density at radius 3 is 3.00 bits per heavy atom. The molecule has 4 nitrogen and oxygen atoms in total. The van der Waals surface area contributed by atoms with E-state index in [1.165, 1.54) is 6.42 Å². The maximum atomic E-state index is 5.74. The van der Waals surface area contributed by atoms with E-state index in [0.29, 0.717) is 12.1 Å². The molecule has 0 aromatic carbocycles. The first-order valence-corrected chi connectivity index (χ1v) is 7.10. The van der Waals surface area contributed by atoms with Crippen molar-refractivity contribution in [3.8, 4) is 0 Å². The van der Waals surface area contributed by atoms with Crippen LogP contribution in [0.4, 0.5) is 0 Å². The van der Waals surface area contributed by atoms with Crippen LogP contribution >= 0.6 is 0 Å². The second-order valence-corrected chi connectivity index (χ2v) is 5.69. The molecule has 0 N–H and O–H groups in total. The third kappa shape index (κ3) is 2.37. The summed E-state index contributed by atoms with van der Waals surface area (Å²) in [5.74, 6) is 1.11. The molecule has 1 saturated heterocycles. The molecule has 0 spiro atoms. The average Bonchev–Trinajstić information content (AvgIpc) is 2.95. The van der Waals surface area contributed by atoms with Crippen LogP contribution in [0.3, 0.4) is 0 Å². The van der Waals surface area contributed by atoms with Gasteiger partial charge in [-0.15, -0.1) is 0 Å². The Hall–Kier alpha value is -1.42. The smallest absolute Gasteiger partial charge is 0.160 e. The van der Waals surface area contributed by atoms with Crippen LogP contribution in [0, 0.1) is 6.92 Å². The molecule has 2 aromatic heterocycles. The molecule has 19 heavy (non-hydrogen) atoms. The fourth-order valence-electron chi connectivity index (χ4n) is 2.83. The molecule has 1 aliphatic heterocycles. The molecule has 0 bridgehead atoms. The Morgan fingerprint density at radius 2 is 2.32 bits per heavy atom. The first-order valence-electron chi connectivity index (χ1n) is 7.10. The standard InChI is InChI=1S/C15H21N3O/c1-10(2)18-14(8-12-5-4-6-19-12)17-13-7-11(3)9-16-15(13)18/h7,9-10,12H,4-6,8H2,1-3H3/t12-/m1/s1. The zero-order valence-electron chi connectivity index (χ0n) is 11.9. The number of hydrogen-bond acceptors (Lipinski definition) is 3. The molecule has 0 radical (unpaired) electrons. The lowest BCUT2D eigenvalue weighted by atomic mass is 10.1. The van der Waals surface area contributed by atoms with Crippen LogP contribution in [-0.4, -0.2) is 27.2 Å². The van der Waals surface area contributed by atoms with Gasteiger partial charge in [-0.05, 0) is 45.2 Å². The topological polar surface area (TPSA) is 39.9 Å². The molecule has 0 amide bonds. The molecule has 1 aliphatic rings. The lowest BCUT2D eigenvalue weighted by Gasteiger charge is -2.14. The number of pyridine rings is 1. The van der Waals surface area contributed by atoms with E-state index in [2.05, 4.69) is 36.4 Å². The highest BCUT2D eigenvalue weighted by Crippen LogP contribution is 2.23. The normalized spacial score (nSPS) is 19.7. The molecule has 102 valence electrons. The van der Waals surface area contributed by atoms with Crippen LogP contribution < -0.4 is 0 Å². The van der Waals surface area contributed by atoms with Gasteiger partial charge in [0.15, 0.2) is 5.65 Å². The Balaban J connectivity index is 2.03. The van der Waals surface area contributed by atoms with E-state index in [9.17, 15) is 0 Å². The van der Waals surface area contributed by atoms with Crippen molar-refractivity contribution >= 4 is 11.2 Å². The maximum Gasteiger partial charge on any atom is 0.160 e. The summed E-state index contributed by atoms with van der Waals surface area (Å²) in [6.07, 6.45) is 5.46. The second-order valence-electron chi connectivity index (χ2n) is 5.69. The number of rotatable bonds is 3. The fourth-order valence-corrected chi connectivity index (χ4v) is 2.83. The first-order chi connectivity index (χ1) is 9.15. The Labute approximate surface area is 113 Å². The summed E-state index contributed by atoms with van der Waals surface area (Å²) in [6, 6.07) is 2.48. The van der Waals surface area contributed by atoms with E-state index < -0.39 is 0 Å². The monoisotopic (exact) mass is 259 g/mol. The van der Waals surface area contributed by atoms with Gasteiger partial charge in [0.05, 0.1) is 6.10 Å². The van der Waals surface area contributed by atoms with Crippen LogP contribution in [0.25, 0.3) is 11.2 Å². The lowest BCUT2D eigenvalue weighted by Crippen LogP contribution is -2.15. The van der Waals surface area contributed by atoms with Crippen LogP contribution in [0.5, 0.6) is 0 Å². The summed E-state index contributed by atoms with van der Waals surface area (Å²) >= 11 is 0. The van der Waals surface area contributed by atoms with Crippen LogP contribution in [0.15, 0.2) is 12.3 Å². The number of hydrogen-bond donors (Lipinski definition) is 0. The Kier molecular flexibility index (Phi) is 3.27. The molecule has 3 heterocycles. The fraction of sp³-hybridized carbons (Fsp3) is 0.600. The molecule has 2 aromatic rings. The first kappa shape index (κ1) is 12.6. The highest BCUT2D eigenvalue weighted by Gasteiger charge is 2.21. The number of nitrogens with zero attached hydrogens (tertiary/aromatic N) is 3. The molecule has 0 aliphatic carbocycles. The van der Waals surface area contributed by atoms with Crippen molar-refractivity contribution < 1.29 is 4.74 Å². The zero-order valence-corrected chi connectivity index (χ0v) is 11.9. The predicted octanol–water partition coefficient (Wildman–Crippen LogP) is 3.04. The van der Waals surface area contributed by atoms with E-state index in [0.717, 1.165) is 42.0 Å². The van der Waals surface area contributed by atoms with Crippen molar-refractivity contribution in [2.75, 3.05) is 6.61 Å². The minimum Gasteiger partial charge on any atom is -0.378 e. The molecule has 1 atom stereocenters. The highest BCUT2D eigenvalue weighted by molar-refractivity contribution is 5.72. The van der Waals surface area contributed by atoms with Gasteiger partial charge in [-0.3, -0.25) is 0 Å². The van der Waals surface area contributed by atoms with E-state index in [4.69, 9.17) is 9.72 Å². The van der Waals surface area contributed by atoms with Crippen LogP contribution in [-0.2, 0) is 11.2 Å². The molecular weight excluding hydrogens is 238 g/mol. The van der Waals surface area contributed by atoms with Crippen LogP contribution in [0.2, 0.25) is 0 Å². The summed E-state index contributed by atoms with van der Waals surface area (Å²) < 4.78 is 7.98. The maximum absolute atomic E-state index is 5.74. The molecule has 3 rings (SSSR count). The van der Waals surface area contributed by atoms with E-state index >= 15 is 0 Å². The quantitative estimate of drug-likeness (QED) is 0.850. The van der Waals surface area contributed by atoms with Crippen molar-refractivity contribution in [3.05, 3.63) is 23.7 Å². The van der Waals surface area contributed by atoms with Crippen molar-refractivity contribution in [2.24, 2.45) is 0 Å². The van der Waals surface area contributed by atoms with Gasteiger partial charge in [-0.1, -0.05) is 0 Å². The van der Waals surface area contributed by atoms with Gasteiger partial charge in [-0.25, -0.2) is 9.97 Å². The van der Waals surface area contributed by atoms with Crippen LogP contribution in [0.1, 0.15) is 44.1 Å². The molecular formula is C15H21N3O. The highest BCUT2D eigenvalue weighted by atomic mass is 16.5. The van der Waals surface area contributed by atoms with Gasteiger partial charge in [0.2, 0.25) is 0 Å². The number of ether oxygens (including phenoxy) is 1. The summed E-state index contributed by atoms with van der Waals surface area (Å²) in [7, 11) is 0. The van der Waals surface area contributed by atoms with Gasteiger partial charge in [-0.2, -0.15) is 0 Å². The van der Waals surface area contributed by atoms with Crippen molar-refractivity contribution in [1.82, 2.24) is 14.5 Å². The molecule has 4 heteroatoms. The predicted molar refractivity (Wildman–Crippen MR) is 75.3 cm³/mol. The second kappa shape index (κ2) is 4.93. The van der Waals surface area contributed by atoms with Crippen molar-refractivity contribution in [1.29, 1.82) is 0 Å². The molecule has 0 saturated carbocycles. The average molecular weight is 259 g/mol. The zero-order chi connectivity index (χ0) is 13.4. The van der Waals surface area contributed by atoms with E-state index in [1.54, 1.807) is 0 Å². The van der Waals surface area contributed by atoms with Crippen molar-refractivity contribution in [2.45, 2.75) is 52.2 Å². The third-order valence-electron chi connectivity index (χ3n) is 3.69. The summed E-state index contributed by atoms with van der Waals surface area (Å²) in [4.78, 5) is 9.34. The number of imidazole rings is 1. The van der Waals surface area contributed by atoms with E-state index in [-0.39, 0.29) is 0 Å². The molecule has 1 fully saturated rings. The van der Waals surface area contributed by atoms with Gasteiger partial charge in [0.1, 0.15) is 11.3 Å². The SMILES string of the molecule is Cc1cnc2c(c1)nc(C[C@H]1CCCO1)n2C(C)C. The Bertz CT molecular complexity index is 582. The number of fused-ring (bicyclic) bond motifs is 1. The minimum absolute atomic E-state index is 0.329. The summed E-state index contributed by atoms with van der Waals surface area (Å²) in [6.45, 7) is 7.31. The summed E-state index contributed by atoms with van der Waals surface area (Å²) in [5, 5.41) is 0. The number of aromatic nitrogens is 3. The van der Waals surface area contributed by atoms with Crippen molar-refractivity contribution in [3.63, 3.8) is 0 Å². The van der Waals surface area contributed by atoms with Gasteiger partial charge >= 0.3 is 0 Å². The van der Waals surface area contributed by atoms with Gasteiger partial charge < -0.3 is 9.30 Å². The molecule has 0 unspecified atom stereocenters. The van der Waals surface area contributed by atoms with E-state index in [1.807, 2.05) is 6.20 Å². The summed E-state index contributed by atoms with van der Waals surface area (Å²) in [5.41, 5.74) is 3.15. The largest absolute Gasteiger partial charge is 0.378 e. The Morgan fingerprint density at radius 1 is 1.47 bits per heavy atom. The van der Waals surface area contributed by atoms with Gasteiger partial charge in [0.25, 0.3) is 0 Å². The number of aryl methyl sites for hydroxylation is 1. The third-order valence-corrected chi connectivity index (χ3v) is 3.69. The minimum atomic E-state index is 0.329. The van der Waals surface area contributed by atoms with Gasteiger partial charge in [0, 0.05) is 25.3 Å². The lowest BCUT2D eigenvalue weighted by molar-refractivity contribution is 0.109.